The van der Waals surface area contributed by atoms with Crippen molar-refractivity contribution in [3.05, 3.63) is 24.3 Å². The number of aliphatic carboxylic acids is 1. The highest BCUT2D eigenvalue weighted by molar-refractivity contribution is 5.98. The second-order valence-corrected chi connectivity index (χ2v) is 6.34. The second-order valence-electron chi connectivity index (χ2n) is 6.34. The Labute approximate surface area is 138 Å². The van der Waals surface area contributed by atoms with Crippen molar-refractivity contribution in [2.75, 3.05) is 12.4 Å². The van der Waals surface area contributed by atoms with Gasteiger partial charge in [0.2, 0.25) is 11.9 Å². The van der Waals surface area contributed by atoms with Gasteiger partial charge in [0.1, 0.15) is 5.75 Å². The van der Waals surface area contributed by atoms with Crippen molar-refractivity contribution < 1.29 is 19.4 Å². The molecule has 1 aliphatic rings. The number of carbonyl (C=O) groups excluding carboxylic acids is 1. The highest BCUT2D eigenvalue weighted by atomic mass is 16.5. The van der Waals surface area contributed by atoms with E-state index < -0.39 is 23.2 Å². The molecule has 0 saturated heterocycles. The van der Waals surface area contributed by atoms with Crippen LogP contribution in [0.25, 0.3) is 11.4 Å². The fourth-order valence-electron chi connectivity index (χ4n) is 2.97. The first-order valence-electron chi connectivity index (χ1n) is 7.45. The average Bonchev–Trinajstić information content (AvgIpc) is 2.89. The van der Waals surface area contributed by atoms with E-state index in [9.17, 15) is 9.59 Å². The summed E-state index contributed by atoms with van der Waals surface area (Å²) in [5, 5.41) is 18.4. The standard InChI is InChI=1S/C16H18N4O4/c1-16(2)10(11(16)14(22)23)13(21)18-15-17-12(19-20-15)8-4-6-9(24-3)7-5-8/h4-7,10-11H,1-3H3,(H,22,23)(H2,17,18,19,20,21)/t10-,11+/m1/s1. The minimum Gasteiger partial charge on any atom is -0.497 e. The molecular formula is C16H18N4O4. The number of hydrogen-bond acceptors (Lipinski definition) is 5. The molecule has 1 aliphatic carbocycles. The first-order valence-corrected chi connectivity index (χ1v) is 7.45. The topological polar surface area (TPSA) is 117 Å². The molecular weight excluding hydrogens is 312 g/mol. The number of nitrogens with zero attached hydrogens (tertiary/aromatic N) is 2. The normalized spacial score (nSPS) is 21.1. The van der Waals surface area contributed by atoms with Gasteiger partial charge in [-0.3, -0.25) is 20.0 Å². The molecule has 3 N–H and O–H groups in total. The Morgan fingerprint density at radius 3 is 2.46 bits per heavy atom. The molecule has 24 heavy (non-hydrogen) atoms. The van der Waals surface area contributed by atoms with Gasteiger partial charge in [-0.2, -0.15) is 4.98 Å². The van der Waals surface area contributed by atoms with E-state index in [0.717, 1.165) is 11.3 Å². The molecule has 1 saturated carbocycles. The highest BCUT2D eigenvalue weighted by Crippen LogP contribution is 2.58. The van der Waals surface area contributed by atoms with Gasteiger partial charge >= 0.3 is 5.97 Å². The molecule has 8 heteroatoms. The molecule has 0 aliphatic heterocycles. The maximum Gasteiger partial charge on any atom is 0.307 e. The van der Waals surface area contributed by atoms with E-state index in [1.807, 2.05) is 12.1 Å². The number of anilines is 1. The van der Waals surface area contributed by atoms with Crippen molar-refractivity contribution in [1.82, 2.24) is 15.2 Å². The third-order valence-corrected chi connectivity index (χ3v) is 4.46. The second kappa shape index (κ2) is 5.63. The Kier molecular flexibility index (Phi) is 3.75. The lowest BCUT2D eigenvalue weighted by Gasteiger charge is -2.01. The van der Waals surface area contributed by atoms with Crippen LogP contribution < -0.4 is 10.1 Å². The number of hydrogen-bond donors (Lipinski definition) is 3. The van der Waals surface area contributed by atoms with Crippen molar-refractivity contribution in [1.29, 1.82) is 0 Å². The number of benzene rings is 1. The van der Waals surface area contributed by atoms with Crippen LogP contribution in [-0.2, 0) is 9.59 Å². The molecule has 1 aromatic heterocycles. The summed E-state index contributed by atoms with van der Waals surface area (Å²) in [6, 6.07) is 7.21. The number of carbonyl (C=O) groups is 2. The van der Waals surface area contributed by atoms with Crippen LogP contribution >= 0.6 is 0 Å². The van der Waals surface area contributed by atoms with E-state index in [4.69, 9.17) is 9.84 Å². The van der Waals surface area contributed by atoms with Crippen molar-refractivity contribution in [3.63, 3.8) is 0 Å². The Morgan fingerprint density at radius 1 is 1.25 bits per heavy atom. The minimum absolute atomic E-state index is 0.123. The van der Waals surface area contributed by atoms with E-state index in [0.29, 0.717) is 5.82 Å². The SMILES string of the molecule is COc1ccc(-c2nc(NC(=O)[C@H]3[C@@H](C(=O)O)C3(C)C)n[nH]2)cc1. The van der Waals surface area contributed by atoms with Gasteiger partial charge in [-0.05, 0) is 29.7 Å². The maximum absolute atomic E-state index is 12.2. The molecule has 0 unspecified atom stereocenters. The number of aromatic amines is 1. The molecule has 1 aromatic carbocycles. The Balaban J connectivity index is 1.70. The van der Waals surface area contributed by atoms with E-state index in [-0.39, 0.29) is 11.9 Å². The quantitative estimate of drug-likeness (QED) is 0.769. The maximum atomic E-state index is 12.2. The first kappa shape index (κ1) is 16.0. The number of carboxylic acid groups (broad SMARTS) is 1. The third kappa shape index (κ3) is 2.70. The molecule has 0 bridgehead atoms. The zero-order chi connectivity index (χ0) is 17.5. The lowest BCUT2D eigenvalue weighted by molar-refractivity contribution is -0.140. The van der Waals surface area contributed by atoms with E-state index in [1.54, 1.807) is 33.1 Å². The smallest absolute Gasteiger partial charge is 0.307 e. The first-order chi connectivity index (χ1) is 11.3. The number of aromatic nitrogens is 3. The van der Waals surface area contributed by atoms with Gasteiger partial charge < -0.3 is 9.84 Å². The van der Waals surface area contributed by atoms with Crippen LogP contribution in [0.2, 0.25) is 0 Å². The monoisotopic (exact) mass is 330 g/mol. The van der Waals surface area contributed by atoms with Gasteiger partial charge in [-0.15, -0.1) is 5.10 Å². The summed E-state index contributed by atoms with van der Waals surface area (Å²) in [7, 11) is 1.58. The molecule has 0 radical (unpaired) electrons. The number of ether oxygens (including phenoxy) is 1. The molecule has 3 rings (SSSR count). The zero-order valence-corrected chi connectivity index (χ0v) is 13.5. The van der Waals surface area contributed by atoms with Crippen molar-refractivity contribution in [3.8, 4) is 17.1 Å². The lowest BCUT2D eigenvalue weighted by atomic mass is 10.1. The van der Waals surface area contributed by atoms with Gasteiger partial charge in [-0.1, -0.05) is 13.8 Å². The van der Waals surface area contributed by atoms with Crippen LogP contribution in [-0.4, -0.2) is 39.3 Å². The number of H-pyrrole nitrogens is 1. The van der Waals surface area contributed by atoms with Crippen molar-refractivity contribution >= 4 is 17.8 Å². The average molecular weight is 330 g/mol. The van der Waals surface area contributed by atoms with Gasteiger partial charge in [-0.25, -0.2) is 0 Å². The number of methoxy groups -OCH3 is 1. The summed E-state index contributed by atoms with van der Waals surface area (Å²) < 4.78 is 5.09. The number of amides is 1. The van der Waals surface area contributed by atoms with Gasteiger partial charge in [0.05, 0.1) is 18.9 Å². The molecule has 2 atom stereocenters. The van der Waals surface area contributed by atoms with Crippen LogP contribution in [0.4, 0.5) is 5.95 Å². The zero-order valence-electron chi connectivity index (χ0n) is 13.5. The van der Waals surface area contributed by atoms with Gasteiger partial charge in [0.25, 0.3) is 0 Å². The summed E-state index contributed by atoms with van der Waals surface area (Å²) >= 11 is 0. The van der Waals surface area contributed by atoms with Crippen LogP contribution in [0.3, 0.4) is 0 Å². The van der Waals surface area contributed by atoms with Crippen LogP contribution in [0.5, 0.6) is 5.75 Å². The molecule has 1 heterocycles. The van der Waals surface area contributed by atoms with Gasteiger partial charge in [0, 0.05) is 5.56 Å². The van der Waals surface area contributed by atoms with Gasteiger partial charge in [0.15, 0.2) is 5.82 Å². The molecule has 1 amide bonds. The van der Waals surface area contributed by atoms with Crippen molar-refractivity contribution in [2.24, 2.45) is 17.3 Å². The molecule has 1 fully saturated rings. The molecule has 0 spiro atoms. The molecule has 126 valence electrons. The molecule has 8 nitrogen and oxygen atoms in total. The third-order valence-electron chi connectivity index (χ3n) is 4.46. The Hall–Kier alpha value is -2.90. The summed E-state index contributed by atoms with van der Waals surface area (Å²) in [5.41, 5.74) is 0.226. The summed E-state index contributed by atoms with van der Waals surface area (Å²) in [5.74, 6) is -1.27. The van der Waals surface area contributed by atoms with Crippen LogP contribution in [0.1, 0.15) is 13.8 Å². The summed E-state index contributed by atoms with van der Waals surface area (Å²) in [6.45, 7) is 3.52. The largest absolute Gasteiger partial charge is 0.497 e. The summed E-state index contributed by atoms with van der Waals surface area (Å²) in [6.07, 6.45) is 0. The summed E-state index contributed by atoms with van der Waals surface area (Å²) in [4.78, 5) is 27.6. The van der Waals surface area contributed by atoms with Crippen molar-refractivity contribution in [2.45, 2.75) is 13.8 Å². The van der Waals surface area contributed by atoms with E-state index >= 15 is 0 Å². The highest BCUT2D eigenvalue weighted by Gasteiger charge is 2.66. The Bertz CT molecular complexity index is 782. The Morgan fingerprint density at radius 2 is 1.92 bits per heavy atom. The predicted octanol–water partition coefficient (Wildman–Crippen LogP) is 1.78. The minimum atomic E-state index is -0.964. The fraction of sp³-hybridized carbons (Fsp3) is 0.375. The van der Waals surface area contributed by atoms with E-state index in [1.165, 1.54) is 0 Å². The molecule has 2 aromatic rings. The predicted molar refractivity (Wildman–Crippen MR) is 85.4 cm³/mol. The fourth-order valence-corrected chi connectivity index (χ4v) is 2.97. The number of rotatable bonds is 5. The van der Waals surface area contributed by atoms with Crippen LogP contribution in [0, 0.1) is 17.3 Å². The lowest BCUT2D eigenvalue weighted by Crippen LogP contribution is -2.18. The number of nitrogens with one attached hydrogen (secondary N) is 2. The number of carboxylic acids is 1. The van der Waals surface area contributed by atoms with E-state index in [2.05, 4.69) is 20.5 Å². The van der Waals surface area contributed by atoms with Crippen LogP contribution in [0.15, 0.2) is 24.3 Å².